The highest BCUT2D eigenvalue weighted by Crippen LogP contribution is 2.44. The number of aliphatic hydroxyl groups excluding tert-OH is 1. The van der Waals surface area contributed by atoms with E-state index in [0.29, 0.717) is 29.2 Å². The number of rotatable bonds is 9. The first-order chi connectivity index (χ1) is 18.1. The van der Waals surface area contributed by atoms with Crippen molar-refractivity contribution in [1.29, 1.82) is 0 Å². The largest absolute Gasteiger partial charge is 0.383 e. The smallest absolute Gasteiger partial charge is 0.225 e. The number of carbonyl (C=O) groups is 1. The number of carbonyl (C=O) groups excluding carboxylic acids is 1. The fourth-order valence-electron chi connectivity index (χ4n) is 5.37. The van der Waals surface area contributed by atoms with Crippen molar-refractivity contribution in [2.75, 3.05) is 22.6 Å². The average Bonchev–Trinajstić information content (AvgIpc) is 3.76. The average molecular weight is 557 g/mol. The van der Waals surface area contributed by atoms with E-state index >= 15 is 0 Å². The third kappa shape index (κ3) is 5.13. The molecule has 3 aliphatic carbocycles. The van der Waals surface area contributed by atoms with Gasteiger partial charge < -0.3 is 15.7 Å². The summed E-state index contributed by atoms with van der Waals surface area (Å²) in [5.74, 6) is 0.495. The third-order valence-electron chi connectivity index (χ3n) is 7.73. The van der Waals surface area contributed by atoms with Gasteiger partial charge in [0.2, 0.25) is 5.95 Å². The molecule has 3 saturated carbocycles. The van der Waals surface area contributed by atoms with Crippen LogP contribution in [0.3, 0.4) is 0 Å². The van der Waals surface area contributed by atoms with E-state index in [1.807, 2.05) is 19.2 Å². The molecule has 4 atom stereocenters. The van der Waals surface area contributed by atoms with Crippen molar-refractivity contribution in [3.05, 3.63) is 23.7 Å². The SMILES string of the molecule is Cc1nc(N[C@H](C)C2CC2)nc(N[C@@H]2C[C@H](CS(C)(=O)=O)C(=O)[C@H]2O)c1-c1nc2c(C3CC3)nccc2s1. The molecule has 0 aliphatic heterocycles. The van der Waals surface area contributed by atoms with Crippen molar-refractivity contribution in [3.63, 3.8) is 0 Å². The van der Waals surface area contributed by atoms with Gasteiger partial charge in [0.25, 0.3) is 0 Å². The molecule has 3 aliphatic rings. The summed E-state index contributed by atoms with van der Waals surface area (Å²) in [6.07, 6.45) is 6.41. The third-order valence-corrected chi connectivity index (χ3v) is 9.77. The second-order valence-corrected chi connectivity index (χ2v) is 14.3. The minimum atomic E-state index is -3.37. The van der Waals surface area contributed by atoms with Crippen LogP contribution in [0.15, 0.2) is 12.3 Å². The van der Waals surface area contributed by atoms with Crippen LogP contribution in [0.25, 0.3) is 20.8 Å². The van der Waals surface area contributed by atoms with Gasteiger partial charge in [-0.05, 0) is 57.9 Å². The number of hydrogen-bond acceptors (Lipinski definition) is 11. The number of ketones is 1. The molecule has 12 heteroatoms. The quantitative estimate of drug-likeness (QED) is 0.358. The Morgan fingerprint density at radius 2 is 1.95 bits per heavy atom. The van der Waals surface area contributed by atoms with Gasteiger partial charge in [-0.25, -0.2) is 18.4 Å². The first-order valence-electron chi connectivity index (χ1n) is 13.1. The number of anilines is 2. The number of nitrogens with zero attached hydrogens (tertiary/aromatic N) is 4. The lowest BCUT2D eigenvalue weighted by Gasteiger charge is -2.21. The molecular formula is C26H32N6O4S2. The minimum absolute atomic E-state index is 0.201. The van der Waals surface area contributed by atoms with Gasteiger partial charge in [-0.15, -0.1) is 11.3 Å². The normalized spacial score (nSPS) is 24.6. The highest BCUT2D eigenvalue weighted by Gasteiger charge is 2.43. The predicted molar refractivity (Wildman–Crippen MR) is 147 cm³/mol. The monoisotopic (exact) mass is 556 g/mol. The van der Waals surface area contributed by atoms with Crippen molar-refractivity contribution < 1.29 is 18.3 Å². The van der Waals surface area contributed by atoms with Gasteiger partial charge in [-0.2, -0.15) is 4.98 Å². The molecule has 0 amide bonds. The molecule has 6 rings (SSSR count). The van der Waals surface area contributed by atoms with Gasteiger partial charge in [0.1, 0.15) is 32.3 Å². The Morgan fingerprint density at radius 3 is 2.63 bits per heavy atom. The minimum Gasteiger partial charge on any atom is -0.383 e. The van der Waals surface area contributed by atoms with E-state index in [1.54, 1.807) is 11.3 Å². The highest BCUT2D eigenvalue weighted by atomic mass is 32.2. The van der Waals surface area contributed by atoms with Crippen molar-refractivity contribution in [2.45, 2.75) is 70.1 Å². The van der Waals surface area contributed by atoms with Crippen molar-refractivity contribution in [2.24, 2.45) is 11.8 Å². The maximum absolute atomic E-state index is 12.7. The zero-order valence-electron chi connectivity index (χ0n) is 21.6. The molecule has 3 heterocycles. The Balaban J connectivity index is 1.38. The zero-order valence-corrected chi connectivity index (χ0v) is 23.3. The number of fused-ring (bicyclic) bond motifs is 1. The number of aliphatic hydroxyl groups is 1. The van der Waals surface area contributed by atoms with E-state index in [-0.39, 0.29) is 18.2 Å². The summed E-state index contributed by atoms with van der Waals surface area (Å²) in [7, 11) is -3.37. The highest BCUT2D eigenvalue weighted by molar-refractivity contribution is 7.90. The Labute approximate surface area is 225 Å². The molecule has 0 spiro atoms. The van der Waals surface area contributed by atoms with Crippen LogP contribution in [0.1, 0.15) is 56.3 Å². The lowest BCUT2D eigenvalue weighted by Crippen LogP contribution is -2.33. The summed E-state index contributed by atoms with van der Waals surface area (Å²) in [6.45, 7) is 4.02. The number of sulfone groups is 1. The summed E-state index contributed by atoms with van der Waals surface area (Å²) in [6, 6.07) is 1.52. The molecule has 3 N–H and O–H groups in total. The number of pyridine rings is 1. The van der Waals surface area contributed by atoms with Crippen LogP contribution in [0, 0.1) is 18.8 Å². The van der Waals surface area contributed by atoms with Crippen molar-refractivity contribution in [3.8, 4) is 10.6 Å². The van der Waals surface area contributed by atoms with Crippen LogP contribution in [0.4, 0.5) is 11.8 Å². The molecule has 202 valence electrons. The van der Waals surface area contributed by atoms with E-state index in [4.69, 9.17) is 15.0 Å². The second kappa shape index (κ2) is 9.49. The molecule has 0 radical (unpaired) electrons. The lowest BCUT2D eigenvalue weighted by molar-refractivity contribution is -0.127. The summed E-state index contributed by atoms with van der Waals surface area (Å²) in [4.78, 5) is 31.8. The van der Waals surface area contributed by atoms with Crippen LogP contribution in [0.2, 0.25) is 0 Å². The van der Waals surface area contributed by atoms with E-state index in [0.717, 1.165) is 45.7 Å². The zero-order chi connectivity index (χ0) is 26.8. The van der Waals surface area contributed by atoms with Gasteiger partial charge in [-0.3, -0.25) is 9.78 Å². The van der Waals surface area contributed by atoms with Crippen LogP contribution < -0.4 is 10.6 Å². The number of thiazole rings is 1. The Hall–Kier alpha value is -2.70. The van der Waals surface area contributed by atoms with Gasteiger partial charge in [0.15, 0.2) is 5.78 Å². The molecule has 3 aromatic rings. The topological polar surface area (TPSA) is 147 Å². The second-order valence-electron chi connectivity index (χ2n) is 11.1. The number of Topliss-reactive ketones (excluding diaryl/α,β-unsaturated/α-hetero) is 1. The van der Waals surface area contributed by atoms with Crippen LogP contribution in [0.5, 0.6) is 0 Å². The van der Waals surface area contributed by atoms with E-state index in [1.165, 1.54) is 12.8 Å². The molecule has 3 fully saturated rings. The molecule has 38 heavy (non-hydrogen) atoms. The molecule has 10 nitrogen and oxygen atoms in total. The molecular weight excluding hydrogens is 524 g/mol. The maximum Gasteiger partial charge on any atom is 0.225 e. The Morgan fingerprint density at radius 1 is 1.18 bits per heavy atom. The number of nitrogens with one attached hydrogen (secondary N) is 2. The first-order valence-corrected chi connectivity index (χ1v) is 16.0. The summed E-state index contributed by atoms with van der Waals surface area (Å²) < 4.78 is 24.8. The Kier molecular flexibility index (Phi) is 6.39. The summed E-state index contributed by atoms with van der Waals surface area (Å²) in [5, 5.41) is 18.2. The number of aryl methyl sites for hydroxylation is 1. The van der Waals surface area contributed by atoms with E-state index in [9.17, 15) is 18.3 Å². The molecule has 3 aromatic heterocycles. The van der Waals surface area contributed by atoms with Gasteiger partial charge >= 0.3 is 0 Å². The fourth-order valence-corrected chi connectivity index (χ4v) is 7.47. The van der Waals surface area contributed by atoms with Crippen molar-refractivity contribution >= 4 is 48.9 Å². The van der Waals surface area contributed by atoms with E-state index in [2.05, 4.69) is 22.5 Å². The van der Waals surface area contributed by atoms with Gasteiger partial charge in [0, 0.05) is 30.3 Å². The standard InChI is InChI=1S/C26H32N6O4S2/c1-12(14-4-5-14)28-26-29-13(2)19(25-31-21-18(37-25)8-9-27-20(21)15-6-7-15)24(32-26)30-17-10-16(11-38(3,35)36)22(33)23(17)34/h8-9,12,14-17,23,34H,4-7,10-11H2,1-3H3,(H2,28,29,30,32)/t12-,16-,17-,23+/m1/s1. The van der Waals surface area contributed by atoms with Crippen molar-refractivity contribution in [1.82, 2.24) is 19.9 Å². The lowest BCUT2D eigenvalue weighted by atomic mass is 10.1. The van der Waals surface area contributed by atoms with Gasteiger partial charge in [-0.1, -0.05) is 0 Å². The predicted octanol–water partition coefficient (Wildman–Crippen LogP) is 3.32. The first kappa shape index (κ1) is 25.6. The maximum atomic E-state index is 12.7. The summed E-state index contributed by atoms with van der Waals surface area (Å²) in [5.41, 5.74) is 3.35. The van der Waals surface area contributed by atoms with Crippen LogP contribution in [-0.4, -0.2) is 69.4 Å². The molecule has 0 saturated heterocycles. The summed E-state index contributed by atoms with van der Waals surface area (Å²) >= 11 is 1.54. The number of aromatic nitrogens is 4. The fraction of sp³-hybridized carbons (Fsp3) is 0.577. The van der Waals surface area contributed by atoms with Crippen LogP contribution >= 0.6 is 11.3 Å². The van der Waals surface area contributed by atoms with Crippen LogP contribution in [-0.2, 0) is 14.6 Å². The molecule has 0 bridgehead atoms. The van der Waals surface area contributed by atoms with Gasteiger partial charge in [0.05, 0.1) is 33.4 Å². The number of hydrogen-bond donors (Lipinski definition) is 3. The van der Waals surface area contributed by atoms with E-state index < -0.39 is 33.7 Å². The Bertz CT molecular complexity index is 1520. The molecule has 0 unspecified atom stereocenters. The molecule has 0 aromatic carbocycles.